The van der Waals surface area contributed by atoms with Gasteiger partial charge in [-0.15, -0.1) is 0 Å². The monoisotopic (exact) mass is 717 g/mol. The van der Waals surface area contributed by atoms with E-state index < -0.39 is 20.3 Å². The van der Waals surface area contributed by atoms with E-state index in [2.05, 4.69) is 76.5 Å². The van der Waals surface area contributed by atoms with Gasteiger partial charge in [-0.05, 0) is 39.7 Å². The van der Waals surface area contributed by atoms with Crippen LogP contribution in [0.4, 0.5) is 5.82 Å². The summed E-state index contributed by atoms with van der Waals surface area (Å²) in [7, 11) is -2.78. The lowest BCUT2D eigenvalue weighted by atomic mass is 10.2. The van der Waals surface area contributed by atoms with Gasteiger partial charge < -0.3 is 19.2 Å². The van der Waals surface area contributed by atoms with E-state index in [1.807, 2.05) is 36.4 Å². The van der Waals surface area contributed by atoms with E-state index >= 15 is 0 Å². The lowest BCUT2D eigenvalue weighted by Crippen LogP contribution is -2.66. The van der Waals surface area contributed by atoms with Crippen molar-refractivity contribution in [2.24, 2.45) is 0 Å². The molecule has 3 heterocycles. The maximum atomic E-state index is 13.6. The van der Waals surface area contributed by atoms with Crippen molar-refractivity contribution in [1.82, 2.24) is 24.7 Å². The number of aromatic nitrogens is 5. The van der Waals surface area contributed by atoms with Crippen molar-refractivity contribution in [1.29, 1.82) is 5.26 Å². The number of nitriles is 1. The summed E-state index contributed by atoms with van der Waals surface area (Å²) >= 11 is 6.48. The molecule has 1 unspecified atom stereocenters. The number of nitrogens with one attached hydrogen (secondary N) is 1. The van der Waals surface area contributed by atoms with Gasteiger partial charge in [0, 0.05) is 6.20 Å². The maximum Gasteiger partial charge on any atom is 0.269 e. The third-order valence-corrected chi connectivity index (χ3v) is 13.7. The molecule has 6 rings (SSSR count). The van der Waals surface area contributed by atoms with Crippen LogP contribution in [0.5, 0.6) is 5.88 Å². The molecule has 0 radical (unpaired) electrons. The summed E-state index contributed by atoms with van der Waals surface area (Å²) < 4.78 is 20.8. The first-order valence-electron chi connectivity index (χ1n) is 16.3. The molecule has 0 saturated heterocycles. The van der Waals surface area contributed by atoms with Crippen LogP contribution in [0.15, 0.2) is 116 Å². The standard InChI is InChI=1S/C38H36ClN7O4Si/c1-38(2,3)51(28-14-6-4-7-15-28,29-16-8-5-9-17-29)49-22-21-48-25-32(36(47)45-33-19-10-11-20-41-33)50-37-30-24-44-46(35(30)42-26-43-37)34-27(23-40)13-12-18-31(34)39/h4-20,24,26,32H,21-22,25H2,1-3H3,(H,41,45,47). The Bertz CT molecular complexity index is 2100. The van der Waals surface area contributed by atoms with Gasteiger partial charge in [-0.25, -0.2) is 19.6 Å². The van der Waals surface area contributed by atoms with Gasteiger partial charge in [0.25, 0.3) is 14.2 Å². The number of anilines is 1. The first kappa shape index (κ1) is 35.4. The van der Waals surface area contributed by atoms with Gasteiger partial charge >= 0.3 is 0 Å². The van der Waals surface area contributed by atoms with Crippen molar-refractivity contribution in [2.75, 3.05) is 25.1 Å². The minimum atomic E-state index is -2.78. The molecule has 0 aliphatic heterocycles. The Morgan fingerprint density at radius 2 is 1.63 bits per heavy atom. The normalized spacial score (nSPS) is 12.3. The van der Waals surface area contributed by atoms with Gasteiger partial charge in [0.1, 0.15) is 29.3 Å². The Morgan fingerprint density at radius 3 is 2.27 bits per heavy atom. The minimum Gasteiger partial charge on any atom is -0.461 e. The summed E-state index contributed by atoms with van der Waals surface area (Å²) in [6.07, 6.45) is 3.24. The molecular weight excluding hydrogens is 682 g/mol. The molecular formula is C38H36ClN7O4Si. The van der Waals surface area contributed by atoms with E-state index in [4.69, 9.17) is 25.5 Å². The number of hydrogen-bond acceptors (Lipinski definition) is 9. The number of rotatable bonds is 13. The molecule has 3 aromatic heterocycles. The number of fused-ring (bicyclic) bond motifs is 1. The molecule has 0 aliphatic carbocycles. The predicted molar refractivity (Wildman–Crippen MR) is 198 cm³/mol. The second kappa shape index (κ2) is 15.6. The number of halogens is 1. The second-order valence-electron chi connectivity index (χ2n) is 12.6. The van der Waals surface area contributed by atoms with Crippen molar-refractivity contribution >= 4 is 53.1 Å². The van der Waals surface area contributed by atoms with E-state index in [0.717, 1.165) is 10.4 Å². The summed E-state index contributed by atoms with van der Waals surface area (Å²) in [5.41, 5.74) is 1.03. The number of carbonyl (C=O) groups is 1. The van der Waals surface area contributed by atoms with Crippen molar-refractivity contribution in [2.45, 2.75) is 31.9 Å². The molecule has 0 bridgehead atoms. The second-order valence-corrected chi connectivity index (χ2v) is 17.3. The van der Waals surface area contributed by atoms with E-state index in [9.17, 15) is 10.1 Å². The number of ether oxygens (including phenoxy) is 2. The fraction of sp³-hybridized carbons (Fsp3) is 0.211. The Hall–Kier alpha value is -5.45. The predicted octanol–water partition coefficient (Wildman–Crippen LogP) is 5.71. The molecule has 1 N–H and O–H groups in total. The molecule has 258 valence electrons. The Morgan fingerprint density at radius 1 is 0.922 bits per heavy atom. The van der Waals surface area contributed by atoms with Crippen LogP contribution < -0.4 is 20.4 Å². The third-order valence-electron chi connectivity index (χ3n) is 8.34. The number of amides is 1. The topological polar surface area (TPSA) is 137 Å². The molecule has 6 aromatic rings. The average Bonchev–Trinajstić information content (AvgIpc) is 3.57. The average molecular weight is 718 g/mol. The van der Waals surface area contributed by atoms with Crippen LogP contribution in [0.25, 0.3) is 16.7 Å². The first-order valence-corrected chi connectivity index (χ1v) is 18.6. The summed E-state index contributed by atoms with van der Waals surface area (Å²) in [6.45, 7) is 6.99. The summed E-state index contributed by atoms with van der Waals surface area (Å²) in [4.78, 5) is 26.6. The fourth-order valence-corrected chi connectivity index (χ4v) is 10.8. The van der Waals surface area contributed by atoms with Gasteiger partial charge in [-0.1, -0.05) is 105 Å². The van der Waals surface area contributed by atoms with Gasteiger partial charge in [0.15, 0.2) is 5.65 Å². The van der Waals surface area contributed by atoms with E-state index in [-0.39, 0.29) is 30.7 Å². The van der Waals surface area contributed by atoms with Crippen molar-refractivity contribution < 1.29 is 18.7 Å². The van der Waals surface area contributed by atoms with Crippen molar-refractivity contribution in [3.05, 3.63) is 126 Å². The Labute approximate surface area is 302 Å². The lowest BCUT2D eigenvalue weighted by Gasteiger charge is -2.43. The van der Waals surface area contributed by atoms with Gasteiger partial charge in [0.05, 0.1) is 36.6 Å². The number of pyridine rings is 1. The molecule has 3 aromatic carbocycles. The van der Waals surface area contributed by atoms with E-state index in [1.165, 1.54) is 17.2 Å². The summed E-state index contributed by atoms with van der Waals surface area (Å²) in [5, 5.41) is 19.8. The highest BCUT2D eigenvalue weighted by atomic mass is 35.5. The van der Waals surface area contributed by atoms with Crippen LogP contribution in [0.1, 0.15) is 26.3 Å². The smallest absolute Gasteiger partial charge is 0.269 e. The highest BCUT2D eigenvalue weighted by Crippen LogP contribution is 2.36. The highest BCUT2D eigenvalue weighted by molar-refractivity contribution is 6.99. The zero-order chi connectivity index (χ0) is 35.8. The maximum absolute atomic E-state index is 13.6. The fourth-order valence-electron chi connectivity index (χ4n) is 6.05. The van der Waals surface area contributed by atoms with Crippen molar-refractivity contribution in [3.8, 4) is 17.6 Å². The number of para-hydroxylation sites is 1. The van der Waals surface area contributed by atoms with Crippen LogP contribution in [0, 0.1) is 11.3 Å². The zero-order valence-electron chi connectivity index (χ0n) is 28.4. The summed E-state index contributed by atoms with van der Waals surface area (Å²) in [6, 6.07) is 33.0. The molecule has 0 fully saturated rings. The molecule has 0 saturated carbocycles. The van der Waals surface area contributed by atoms with Gasteiger partial charge in [-0.3, -0.25) is 4.79 Å². The minimum absolute atomic E-state index is 0.102. The van der Waals surface area contributed by atoms with Crippen LogP contribution in [0.3, 0.4) is 0 Å². The van der Waals surface area contributed by atoms with E-state index in [1.54, 1.807) is 42.6 Å². The first-order chi connectivity index (χ1) is 24.7. The SMILES string of the molecule is CC(C)(C)[Si](OCCOCC(Oc1ncnc2c1cnn2-c1c(Cl)cccc1C#N)C(=O)Nc1ccccn1)(c1ccccc1)c1ccccc1. The summed E-state index contributed by atoms with van der Waals surface area (Å²) in [5.74, 6) is -0.0294. The number of nitrogens with zero attached hydrogens (tertiary/aromatic N) is 6. The molecule has 51 heavy (non-hydrogen) atoms. The van der Waals surface area contributed by atoms with Crippen LogP contribution in [0.2, 0.25) is 10.1 Å². The Kier molecular flexibility index (Phi) is 10.8. The lowest BCUT2D eigenvalue weighted by molar-refractivity contribution is -0.125. The van der Waals surface area contributed by atoms with E-state index in [0.29, 0.717) is 33.1 Å². The molecule has 1 amide bonds. The molecule has 13 heteroatoms. The van der Waals surface area contributed by atoms with Gasteiger partial charge in [0.2, 0.25) is 12.0 Å². The largest absolute Gasteiger partial charge is 0.461 e. The number of hydrogen-bond donors (Lipinski definition) is 1. The molecule has 11 nitrogen and oxygen atoms in total. The molecule has 0 aliphatic rings. The molecule has 0 spiro atoms. The third kappa shape index (κ3) is 7.52. The Balaban J connectivity index is 1.24. The van der Waals surface area contributed by atoms with Gasteiger partial charge in [-0.2, -0.15) is 10.4 Å². The van der Waals surface area contributed by atoms with Crippen molar-refractivity contribution in [3.63, 3.8) is 0 Å². The van der Waals surface area contributed by atoms with Crippen LogP contribution >= 0.6 is 11.6 Å². The quantitative estimate of drug-likeness (QED) is 0.118. The highest BCUT2D eigenvalue weighted by Gasteiger charge is 2.50. The molecule has 1 atom stereocenters. The number of benzene rings is 3. The zero-order valence-corrected chi connectivity index (χ0v) is 30.1. The van der Waals surface area contributed by atoms with Crippen LogP contribution in [-0.2, 0) is 14.0 Å². The van der Waals surface area contributed by atoms with Crippen LogP contribution in [-0.4, -0.2) is 64.9 Å². The number of carbonyl (C=O) groups excluding carboxylic acids is 1.